The van der Waals surface area contributed by atoms with Crippen molar-refractivity contribution in [1.29, 1.82) is 5.26 Å². The summed E-state index contributed by atoms with van der Waals surface area (Å²) in [7, 11) is 0. The lowest BCUT2D eigenvalue weighted by Gasteiger charge is -2.21. The number of benzene rings is 1. The molecule has 0 heterocycles. The zero-order valence-electron chi connectivity index (χ0n) is 13.9. The quantitative estimate of drug-likeness (QED) is 0.600. The summed E-state index contributed by atoms with van der Waals surface area (Å²) in [6.45, 7) is 2.58. The van der Waals surface area contributed by atoms with Crippen LogP contribution in [0.15, 0.2) is 18.1 Å². The molecule has 0 aliphatic heterocycles. The Hall–Kier alpha value is -1.29. The SMILES string of the molecule is [2H]c1c([2H])c(C([2H])([2H])[2H])c(C(C)(C)C)c([2H])c1C#N. The Bertz CT molecular complexity index is 560. The van der Waals surface area contributed by atoms with Gasteiger partial charge >= 0.3 is 0 Å². The van der Waals surface area contributed by atoms with E-state index in [-0.39, 0.29) is 22.7 Å². The van der Waals surface area contributed by atoms with Crippen LogP contribution in [0.2, 0.25) is 0 Å². The van der Waals surface area contributed by atoms with E-state index in [1.54, 1.807) is 26.8 Å². The molecule has 0 radical (unpaired) electrons. The number of rotatable bonds is 0. The molecule has 0 fully saturated rings. The molecule has 0 aromatic heterocycles. The molecule has 1 heteroatoms. The predicted octanol–water partition coefficient (Wildman–Crippen LogP) is 3.16. The molecule has 1 aromatic carbocycles. The lowest BCUT2D eigenvalue weighted by molar-refractivity contribution is 0.586. The van der Waals surface area contributed by atoms with Crippen molar-refractivity contribution in [2.45, 2.75) is 33.0 Å². The van der Waals surface area contributed by atoms with E-state index in [1.165, 1.54) is 0 Å². The van der Waals surface area contributed by atoms with Gasteiger partial charge in [-0.2, -0.15) is 5.26 Å². The number of hydrogen-bond donors (Lipinski definition) is 0. The van der Waals surface area contributed by atoms with Gasteiger partial charge in [0.15, 0.2) is 0 Å². The number of hydrogen-bond acceptors (Lipinski definition) is 1. The van der Waals surface area contributed by atoms with Crippen LogP contribution in [0, 0.1) is 18.2 Å². The Kier molecular flexibility index (Phi) is 1.06. The van der Waals surface area contributed by atoms with Gasteiger partial charge in [0, 0.05) is 4.11 Å². The van der Waals surface area contributed by atoms with E-state index >= 15 is 0 Å². The van der Waals surface area contributed by atoms with Crippen LogP contribution in [0.4, 0.5) is 0 Å². The van der Waals surface area contributed by atoms with Crippen molar-refractivity contribution in [1.82, 2.24) is 0 Å². The average Bonchev–Trinajstić information content (AvgIpc) is 2.20. The van der Waals surface area contributed by atoms with Crippen LogP contribution in [0.25, 0.3) is 0 Å². The minimum Gasteiger partial charge on any atom is -0.192 e. The van der Waals surface area contributed by atoms with Crippen LogP contribution in [-0.2, 0) is 5.41 Å². The monoisotopic (exact) mass is 179 g/mol. The summed E-state index contributed by atoms with van der Waals surface area (Å²) in [5.74, 6) is 0. The van der Waals surface area contributed by atoms with Gasteiger partial charge < -0.3 is 0 Å². The molecule has 0 saturated carbocycles. The van der Waals surface area contributed by atoms with E-state index in [0.29, 0.717) is 0 Å². The minimum atomic E-state index is -2.58. The van der Waals surface area contributed by atoms with Gasteiger partial charge in [0.1, 0.15) is 0 Å². The van der Waals surface area contributed by atoms with E-state index < -0.39 is 24.4 Å². The molecule has 0 unspecified atom stereocenters. The summed E-state index contributed by atoms with van der Waals surface area (Å²) in [6, 6.07) is 0.473. The molecule has 0 aliphatic carbocycles. The second-order valence-corrected chi connectivity index (χ2v) is 3.86. The molecule has 0 bridgehead atoms. The highest BCUT2D eigenvalue weighted by Crippen LogP contribution is 2.26. The molecule has 0 amide bonds. The van der Waals surface area contributed by atoms with Crippen molar-refractivity contribution in [3.05, 3.63) is 34.8 Å². The Labute approximate surface area is 88.4 Å². The van der Waals surface area contributed by atoms with Crippen LogP contribution in [0.3, 0.4) is 0 Å². The van der Waals surface area contributed by atoms with E-state index in [4.69, 9.17) is 13.5 Å². The fraction of sp³-hybridized carbons (Fsp3) is 0.417. The first-order chi connectivity index (χ1) is 8.42. The Morgan fingerprint density at radius 2 is 2.15 bits per heavy atom. The molecule has 1 rings (SSSR count). The lowest BCUT2D eigenvalue weighted by atomic mass is 9.83. The highest BCUT2D eigenvalue weighted by Gasteiger charge is 2.16. The number of nitriles is 1. The molecule has 1 aromatic rings. The van der Waals surface area contributed by atoms with Crippen molar-refractivity contribution in [2.24, 2.45) is 0 Å². The normalized spacial score (nSPS) is 18.6. The largest absolute Gasteiger partial charge is 0.192 e. The molecule has 1 nitrogen and oxygen atoms in total. The standard InChI is InChI=1S/C12H15N/c1-9-5-6-10(8-13)7-11(9)12(2,3)4/h5-7H,1-4H3/i1D3,5D,6D,7D. The van der Waals surface area contributed by atoms with Crippen molar-refractivity contribution in [3.8, 4) is 6.07 Å². The second kappa shape index (κ2) is 3.22. The van der Waals surface area contributed by atoms with Gasteiger partial charge in [-0.1, -0.05) is 26.8 Å². The molecule has 0 atom stereocenters. The van der Waals surface area contributed by atoms with Crippen molar-refractivity contribution in [3.63, 3.8) is 0 Å². The summed E-state index contributed by atoms with van der Waals surface area (Å²) < 4.78 is 46.1. The summed E-state index contributed by atoms with van der Waals surface area (Å²) in [5.41, 5.74) is -1.10. The molecule has 0 N–H and O–H groups in total. The van der Waals surface area contributed by atoms with E-state index in [2.05, 4.69) is 0 Å². The van der Waals surface area contributed by atoms with Crippen molar-refractivity contribution >= 4 is 0 Å². The van der Waals surface area contributed by atoms with E-state index in [9.17, 15) is 0 Å². The van der Waals surface area contributed by atoms with Crippen molar-refractivity contribution in [2.75, 3.05) is 0 Å². The minimum absolute atomic E-state index is 0.144. The van der Waals surface area contributed by atoms with Gasteiger partial charge in [-0.3, -0.25) is 0 Å². The number of nitrogens with zero attached hydrogens (tertiary/aromatic N) is 1. The topological polar surface area (TPSA) is 23.8 Å². The molecular formula is C12H15N. The summed E-state index contributed by atoms with van der Waals surface area (Å²) in [4.78, 5) is 0. The maximum Gasteiger partial charge on any atom is 0.0991 e. The summed E-state index contributed by atoms with van der Waals surface area (Å²) in [5, 5.41) is 8.99. The smallest absolute Gasteiger partial charge is 0.0991 e. The zero-order chi connectivity index (χ0) is 15.2. The van der Waals surface area contributed by atoms with Gasteiger partial charge in [-0.05, 0) is 35.5 Å². The lowest BCUT2D eigenvalue weighted by Crippen LogP contribution is -2.13. The highest BCUT2D eigenvalue weighted by atomic mass is 14.3. The molecule has 13 heavy (non-hydrogen) atoms. The zero-order valence-corrected chi connectivity index (χ0v) is 7.95. The first kappa shape index (κ1) is 4.28. The van der Waals surface area contributed by atoms with Gasteiger partial charge in [-0.15, -0.1) is 0 Å². The third-order valence-electron chi connectivity index (χ3n) is 1.67. The third kappa shape index (κ3) is 2.09. The first-order valence-electron chi connectivity index (χ1n) is 6.97. The fourth-order valence-electron chi connectivity index (χ4n) is 1.02. The third-order valence-corrected chi connectivity index (χ3v) is 1.67. The van der Waals surface area contributed by atoms with E-state index in [0.717, 1.165) is 0 Å². The molecular weight excluding hydrogens is 158 g/mol. The summed E-state index contributed by atoms with van der Waals surface area (Å²) in [6.07, 6.45) is 0. The van der Waals surface area contributed by atoms with Crippen LogP contribution in [0.1, 0.15) is 45.7 Å². The van der Waals surface area contributed by atoms with Crippen molar-refractivity contribution < 1.29 is 8.22 Å². The maximum absolute atomic E-state index is 8.99. The van der Waals surface area contributed by atoms with Gasteiger partial charge in [0.2, 0.25) is 0 Å². The highest BCUT2D eigenvalue weighted by molar-refractivity contribution is 5.40. The van der Waals surface area contributed by atoms with Gasteiger partial charge in [0.25, 0.3) is 0 Å². The first-order valence-corrected chi connectivity index (χ1v) is 3.97. The van der Waals surface area contributed by atoms with Crippen LogP contribution >= 0.6 is 0 Å². The van der Waals surface area contributed by atoms with Crippen LogP contribution in [-0.4, -0.2) is 0 Å². The average molecular weight is 179 g/mol. The second-order valence-electron chi connectivity index (χ2n) is 3.86. The Morgan fingerprint density at radius 1 is 1.46 bits per heavy atom. The Morgan fingerprint density at radius 3 is 2.62 bits per heavy atom. The predicted molar refractivity (Wildman–Crippen MR) is 54.6 cm³/mol. The van der Waals surface area contributed by atoms with E-state index in [1.807, 2.05) is 0 Å². The molecule has 0 spiro atoms. The Balaban J connectivity index is 3.99. The fourth-order valence-corrected chi connectivity index (χ4v) is 1.02. The van der Waals surface area contributed by atoms with Gasteiger partial charge in [0.05, 0.1) is 15.7 Å². The van der Waals surface area contributed by atoms with Crippen LogP contribution in [0.5, 0.6) is 0 Å². The molecule has 0 aliphatic rings. The summed E-state index contributed by atoms with van der Waals surface area (Å²) >= 11 is 0. The molecule has 68 valence electrons. The molecule has 0 saturated heterocycles. The van der Waals surface area contributed by atoms with Gasteiger partial charge in [-0.25, -0.2) is 0 Å². The maximum atomic E-state index is 8.99. The van der Waals surface area contributed by atoms with Crippen LogP contribution < -0.4 is 0 Å².